The Bertz CT molecular complexity index is 3230. The summed E-state index contributed by atoms with van der Waals surface area (Å²) in [5.74, 6) is -8.24. The predicted octanol–water partition coefficient (Wildman–Crippen LogP) is -6.69. The number of thiophene rings is 1. The van der Waals surface area contributed by atoms with E-state index in [-0.39, 0.29) is 171 Å². The summed E-state index contributed by atoms with van der Waals surface area (Å²) >= 11 is 4.70. The molecule has 8 unspecified atom stereocenters. The number of nitrogens with zero attached hydrogens (tertiary/aromatic N) is 8. The Kier molecular flexibility index (Phi) is 39.0. The fraction of sp³-hybridized carbons (Fsp3) is 0.603. The Hall–Kier alpha value is -9.97. The number of hydrogen-bond acceptors (Lipinski definition) is 20. The molecule has 556 valence electrons. The fourth-order valence-corrected chi connectivity index (χ4v) is 11.4. The van der Waals surface area contributed by atoms with Crippen LogP contribution in [0.3, 0.4) is 0 Å². The quantitative estimate of drug-likeness (QED) is 0.0166. The Morgan fingerprint density at radius 1 is 0.470 bits per heavy atom. The summed E-state index contributed by atoms with van der Waals surface area (Å²) in [6, 6.07) is -7.67. The van der Waals surface area contributed by atoms with Gasteiger partial charge in [-0.2, -0.15) is 0 Å². The van der Waals surface area contributed by atoms with Crippen LogP contribution < -0.4 is 128 Å². The molecule has 3 heterocycles. The van der Waals surface area contributed by atoms with Gasteiger partial charge in [-0.15, -0.1) is 11.3 Å². The third-order valence-electron chi connectivity index (χ3n) is 14.9. The summed E-state index contributed by atoms with van der Waals surface area (Å²) in [6.45, 7) is 0.853. The van der Waals surface area contributed by atoms with Gasteiger partial charge in [-0.05, 0) is 144 Å². The van der Waals surface area contributed by atoms with Crippen molar-refractivity contribution in [3.05, 3.63) is 21.6 Å². The lowest BCUT2D eigenvalue weighted by atomic mass is 10.0. The van der Waals surface area contributed by atoms with Crippen LogP contribution in [0.1, 0.15) is 132 Å². The van der Waals surface area contributed by atoms with E-state index in [1.807, 2.05) is 6.07 Å². The minimum Gasteiger partial charge on any atom is -0.370 e. The molecule has 0 saturated heterocycles. The van der Waals surface area contributed by atoms with Crippen molar-refractivity contribution in [1.29, 1.82) is 0 Å². The maximum absolute atomic E-state index is 14.8. The molecular weight excluding hydrogens is 1390 g/mol. The van der Waals surface area contributed by atoms with E-state index >= 15 is 0 Å². The molecule has 0 radical (unpaired) electrons. The lowest BCUT2D eigenvalue weighted by Gasteiger charge is -2.28. The van der Waals surface area contributed by atoms with Crippen molar-refractivity contribution in [2.45, 2.75) is 170 Å². The number of fused-ring (bicyclic) bond motifs is 3. The highest BCUT2D eigenvalue weighted by Gasteiger charge is 2.35. The van der Waals surface area contributed by atoms with Crippen LogP contribution in [0, 0.1) is 0 Å². The van der Waals surface area contributed by atoms with Crippen molar-refractivity contribution in [2.75, 3.05) is 52.4 Å². The molecule has 0 fully saturated rings. The average molecular weight is 1490 g/mol. The lowest BCUT2D eigenvalue weighted by molar-refractivity contribution is -0.136. The minimum atomic E-state index is -1.49. The van der Waals surface area contributed by atoms with E-state index in [9.17, 15) is 43.2 Å². The number of hydrogen-bond donors (Lipinski definition) is 23. The summed E-state index contributed by atoms with van der Waals surface area (Å²) < 4.78 is 1.59. The van der Waals surface area contributed by atoms with Gasteiger partial charge in [0.05, 0.1) is 4.70 Å². The third-order valence-corrected chi connectivity index (χ3v) is 16.4. The highest BCUT2D eigenvalue weighted by Crippen LogP contribution is 2.38. The predicted molar refractivity (Wildman–Crippen MR) is 388 cm³/mol. The molecule has 2 aromatic heterocycles. The van der Waals surface area contributed by atoms with E-state index in [0.29, 0.717) is 61.3 Å². The van der Waals surface area contributed by atoms with Crippen LogP contribution in [-0.2, 0) is 38.4 Å². The molecule has 0 aliphatic carbocycles. The van der Waals surface area contributed by atoms with Crippen molar-refractivity contribution in [2.24, 2.45) is 115 Å². The highest BCUT2D eigenvalue weighted by molar-refractivity contribution is 9.10. The van der Waals surface area contributed by atoms with E-state index < -0.39 is 95.7 Å². The first kappa shape index (κ1) is 84.3. The number of primary amides is 1. The Morgan fingerprint density at radius 3 is 1.17 bits per heavy atom. The summed E-state index contributed by atoms with van der Waals surface area (Å²) in [7, 11) is 0. The number of guanidine groups is 6. The van der Waals surface area contributed by atoms with Crippen LogP contribution in [0.4, 0.5) is 5.69 Å². The lowest BCUT2D eigenvalue weighted by Crippen LogP contribution is -2.60. The van der Waals surface area contributed by atoms with Crippen molar-refractivity contribution in [3.63, 3.8) is 0 Å². The second-order valence-corrected chi connectivity index (χ2v) is 25.1. The van der Waals surface area contributed by atoms with Crippen LogP contribution in [0.5, 0.6) is 0 Å². The molecule has 42 heteroatoms. The molecule has 0 bridgehead atoms. The standard InChI is InChI=1S/C58H102BrN31O9S/c59-31-28-39-42(81-29-31)43-44(100-39)52(99)90-40(30-82-43)74-21-5-1-2-19-41(91)83-33(13-6-22-75-53(62)63)46(93)85-35(15-8-24-77-55(66)67)48(95)87-37(17-10-26-79-57(70)71)50(97)89-38(18-11-27-80-58(72)73)51(98)88-36(16-9-25-78-56(68)69)49(96)86-34(14-7-23-76-54(64)65)47(94)84-32(45(61)92)12-3-4-20-60/h28-30,32-38,40,74H,1-27,60H2,(H2,61,92)(H,83,91)(H,84,94)(H,85,93)(H,86,96)(H,87,95)(H,88,98)(H,89,97)(H,90,99)(H4,62,63,75)(H4,64,65,76)(H4,66,67,77)(H4,68,69,78)(H4,70,71,79)(H4,72,73,80). The number of pyridine rings is 1. The van der Waals surface area contributed by atoms with E-state index in [1.165, 1.54) is 11.3 Å². The summed E-state index contributed by atoms with van der Waals surface area (Å²) in [5.41, 5.74) is 79.4. The maximum atomic E-state index is 14.8. The van der Waals surface area contributed by atoms with Crippen molar-refractivity contribution in [1.82, 2.24) is 52.8 Å². The first-order valence-corrected chi connectivity index (χ1v) is 34.3. The molecule has 40 nitrogen and oxygen atoms in total. The van der Waals surface area contributed by atoms with Gasteiger partial charge in [0.15, 0.2) is 35.8 Å². The monoisotopic (exact) mass is 1490 g/mol. The van der Waals surface area contributed by atoms with Crippen LogP contribution in [0.2, 0.25) is 0 Å². The zero-order valence-corrected chi connectivity index (χ0v) is 58.5. The van der Waals surface area contributed by atoms with Crippen LogP contribution >= 0.6 is 27.3 Å². The maximum Gasteiger partial charge on any atom is 0.265 e. The van der Waals surface area contributed by atoms with Crippen molar-refractivity contribution < 1.29 is 43.2 Å². The molecule has 8 atom stereocenters. The van der Waals surface area contributed by atoms with E-state index in [1.54, 1.807) is 12.4 Å². The number of aliphatic imine (C=N–C) groups is 7. The number of rotatable bonds is 49. The molecular formula is C58H102BrN31O9S. The Labute approximate surface area is 591 Å². The molecule has 100 heavy (non-hydrogen) atoms. The summed E-state index contributed by atoms with van der Waals surface area (Å²) in [5, 5.41) is 25.0. The Balaban J connectivity index is 1.92. The number of carbonyl (C=O) groups excluding carboxylic acids is 9. The van der Waals surface area contributed by atoms with Crippen LogP contribution in [-0.4, -0.2) is 201 Å². The second-order valence-electron chi connectivity index (χ2n) is 23.1. The fourth-order valence-electron chi connectivity index (χ4n) is 9.87. The van der Waals surface area contributed by atoms with Gasteiger partial charge in [-0.25, -0.2) is 0 Å². The number of carbonyl (C=O) groups is 9. The second kappa shape index (κ2) is 46.3. The minimum absolute atomic E-state index is 0.00644. The first-order chi connectivity index (χ1) is 47.6. The molecule has 3 rings (SSSR count). The molecule has 9 amide bonds. The smallest absolute Gasteiger partial charge is 0.265 e. The van der Waals surface area contributed by atoms with Gasteiger partial charge >= 0.3 is 0 Å². The topological polar surface area (TPSA) is 726 Å². The first-order valence-electron chi connectivity index (χ1n) is 32.7. The number of aromatic nitrogens is 1. The molecule has 0 saturated carbocycles. The molecule has 0 aromatic carbocycles. The zero-order valence-electron chi connectivity index (χ0n) is 56.1. The number of nitrogens with one attached hydrogen (secondary N) is 9. The highest BCUT2D eigenvalue weighted by atomic mass is 79.9. The van der Waals surface area contributed by atoms with Gasteiger partial charge < -0.3 is 123 Å². The van der Waals surface area contributed by atoms with Crippen molar-refractivity contribution in [3.8, 4) is 0 Å². The van der Waals surface area contributed by atoms with Gasteiger partial charge in [-0.3, -0.25) is 88.4 Å². The number of unbranched alkanes of at least 4 members (excludes halogenated alkanes) is 3. The molecule has 0 spiro atoms. The van der Waals surface area contributed by atoms with Gasteiger partial charge in [0, 0.05) is 62.6 Å². The van der Waals surface area contributed by atoms with Gasteiger partial charge in [0.25, 0.3) is 5.91 Å². The average Bonchev–Trinajstić information content (AvgIpc) is 1.63. The SMILES string of the molecule is NCCCCC(NC(=O)C(CCCN=C(N)N)NC(=O)C(CCCN=C(N)N)NC(=O)C(CCCN=C(N)N)NC(=O)C(CCCN=C(N)N)NC(=O)C(CCCN=C(N)N)NC(=O)C(CCCN=C(N)N)NC(=O)CCCCCNC1C=Nc2c(sc3cc(Br)cnc23)C(=O)N1)C(N)=O. The van der Waals surface area contributed by atoms with Gasteiger partial charge in [-0.1, -0.05) is 6.42 Å². The summed E-state index contributed by atoms with van der Waals surface area (Å²) in [4.78, 5) is 160. The van der Waals surface area contributed by atoms with Gasteiger partial charge in [0.1, 0.15) is 64.5 Å². The number of amides is 9. The summed E-state index contributed by atoms with van der Waals surface area (Å²) in [6.07, 6.45) is 5.47. The van der Waals surface area contributed by atoms with E-state index in [4.69, 9.17) is 80.3 Å². The van der Waals surface area contributed by atoms with E-state index in [2.05, 4.69) is 104 Å². The van der Waals surface area contributed by atoms with Crippen LogP contribution in [0.15, 0.2) is 51.7 Å². The molecule has 1 aliphatic heterocycles. The molecule has 1 aliphatic rings. The van der Waals surface area contributed by atoms with Crippen molar-refractivity contribution >= 4 is 138 Å². The van der Waals surface area contributed by atoms with Crippen LogP contribution in [0.25, 0.3) is 10.2 Å². The molecule has 2 aromatic rings. The third kappa shape index (κ3) is 34.0. The normalized spacial score (nSPS) is 14.3. The zero-order chi connectivity index (χ0) is 74.1. The van der Waals surface area contributed by atoms with Gasteiger partial charge in [0.2, 0.25) is 47.3 Å². The van der Waals surface area contributed by atoms with E-state index in [0.717, 1.165) is 9.17 Å². The molecule has 37 N–H and O–H groups in total. The number of halogens is 1. The number of nitrogens with two attached hydrogens (primary N) is 14. The Morgan fingerprint density at radius 2 is 0.820 bits per heavy atom. The largest absolute Gasteiger partial charge is 0.370 e.